The van der Waals surface area contributed by atoms with Gasteiger partial charge in [-0.15, -0.1) is 0 Å². The molecular weight excluding hydrogens is 293 g/mol. The van der Waals surface area contributed by atoms with Gasteiger partial charge in [0, 0.05) is 0 Å². The van der Waals surface area contributed by atoms with E-state index >= 15 is 0 Å². The summed E-state index contributed by atoms with van der Waals surface area (Å²) in [5.41, 5.74) is 1.22. The standard InChI is InChI=1S/C12H6ClN3O2.K/c1-14-8-4-2-7(3-5-8)9-6-10(11(17)18)16-12(13)15-9;/h2-6H,(H,17,18);/q;+1/p-1. The average molecular weight is 298 g/mol. The summed E-state index contributed by atoms with van der Waals surface area (Å²) in [6.07, 6.45) is 0. The molecule has 0 spiro atoms. The van der Waals surface area contributed by atoms with E-state index in [1.165, 1.54) is 6.07 Å². The van der Waals surface area contributed by atoms with E-state index < -0.39 is 5.97 Å². The van der Waals surface area contributed by atoms with E-state index in [0.29, 0.717) is 16.9 Å². The molecule has 2 aromatic rings. The number of carboxylic acid groups (broad SMARTS) is 1. The average Bonchev–Trinajstić information content (AvgIpc) is 2.38. The minimum absolute atomic E-state index is 0. The first-order valence-electron chi connectivity index (χ1n) is 4.84. The number of halogens is 1. The van der Waals surface area contributed by atoms with E-state index in [0.717, 1.165) is 0 Å². The zero-order valence-electron chi connectivity index (χ0n) is 9.92. The van der Waals surface area contributed by atoms with E-state index in [1.807, 2.05) is 0 Å². The first kappa shape index (κ1) is 16.2. The predicted octanol–water partition coefficient (Wildman–Crippen LogP) is -1.28. The molecule has 0 saturated carbocycles. The second-order valence-corrected chi connectivity index (χ2v) is 3.69. The van der Waals surface area contributed by atoms with E-state index in [4.69, 9.17) is 18.2 Å². The Balaban J connectivity index is 0.00000180. The SMILES string of the molecule is [C-]#[N+]c1ccc(-c2cc(C(=O)[O-])nc(Cl)n2)cc1.[K+]. The van der Waals surface area contributed by atoms with Crippen LogP contribution in [0.3, 0.4) is 0 Å². The zero-order chi connectivity index (χ0) is 13.1. The van der Waals surface area contributed by atoms with Gasteiger partial charge in [-0.05, 0) is 23.2 Å². The molecule has 0 unspecified atom stereocenters. The molecule has 0 amide bonds. The summed E-state index contributed by atoms with van der Waals surface area (Å²) >= 11 is 5.64. The van der Waals surface area contributed by atoms with Crippen LogP contribution in [0.5, 0.6) is 0 Å². The number of hydrogen-bond donors (Lipinski definition) is 0. The Bertz CT molecular complexity index is 653. The molecule has 7 heteroatoms. The zero-order valence-corrected chi connectivity index (χ0v) is 13.8. The van der Waals surface area contributed by atoms with Crippen LogP contribution in [0.2, 0.25) is 5.28 Å². The number of benzene rings is 1. The van der Waals surface area contributed by atoms with E-state index in [1.54, 1.807) is 24.3 Å². The van der Waals surface area contributed by atoms with Crippen LogP contribution in [0.4, 0.5) is 5.69 Å². The third-order valence-electron chi connectivity index (χ3n) is 2.20. The molecule has 5 nitrogen and oxygen atoms in total. The minimum atomic E-state index is -1.42. The van der Waals surface area contributed by atoms with E-state index in [-0.39, 0.29) is 62.4 Å². The van der Waals surface area contributed by atoms with Crippen LogP contribution in [-0.2, 0) is 0 Å². The van der Waals surface area contributed by atoms with E-state index in [2.05, 4.69) is 14.8 Å². The van der Waals surface area contributed by atoms with Crippen LogP contribution in [0.1, 0.15) is 10.5 Å². The molecule has 0 saturated heterocycles. The summed E-state index contributed by atoms with van der Waals surface area (Å²) in [4.78, 5) is 21.5. The molecule has 0 atom stereocenters. The molecule has 0 aliphatic carbocycles. The number of carbonyl (C=O) groups excluding carboxylic acids is 1. The smallest absolute Gasteiger partial charge is 0.543 e. The Morgan fingerprint density at radius 3 is 2.42 bits per heavy atom. The predicted molar refractivity (Wildman–Crippen MR) is 63.1 cm³/mol. The van der Waals surface area contributed by atoms with Gasteiger partial charge < -0.3 is 9.90 Å². The normalized spacial score (nSPS) is 9.26. The van der Waals surface area contributed by atoms with Gasteiger partial charge >= 0.3 is 51.4 Å². The summed E-state index contributed by atoms with van der Waals surface area (Å²) in [6.45, 7) is 6.84. The van der Waals surface area contributed by atoms with Crippen molar-refractivity contribution in [3.8, 4) is 11.3 Å². The van der Waals surface area contributed by atoms with Gasteiger partial charge in [0.1, 0.15) is 0 Å². The number of hydrogen-bond acceptors (Lipinski definition) is 4. The Morgan fingerprint density at radius 2 is 1.89 bits per heavy atom. The van der Waals surface area contributed by atoms with Gasteiger partial charge in [-0.3, -0.25) is 0 Å². The van der Waals surface area contributed by atoms with Gasteiger partial charge in [0.2, 0.25) is 5.28 Å². The third-order valence-corrected chi connectivity index (χ3v) is 2.37. The van der Waals surface area contributed by atoms with Crippen molar-refractivity contribution in [1.29, 1.82) is 0 Å². The Morgan fingerprint density at radius 1 is 1.26 bits per heavy atom. The quantitative estimate of drug-likeness (QED) is 0.393. The third kappa shape index (κ3) is 4.08. The second kappa shape index (κ2) is 7.10. The number of nitrogens with zero attached hydrogens (tertiary/aromatic N) is 3. The maximum atomic E-state index is 10.7. The van der Waals surface area contributed by atoms with Crippen LogP contribution < -0.4 is 56.5 Å². The monoisotopic (exact) mass is 297 g/mol. The molecule has 0 bridgehead atoms. The first-order valence-corrected chi connectivity index (χ1v) is 5.22. The number of carboxylic acids is 1. The maximum Gasteiger partial charge on any atom is 1.00 e. The Kier molecular flexibility index (Phi) is 6.07. The van der Waals surface area contributed by atoms with Gasteiger partial charge in [0.25, 0.3) is 0 Å². The molecule has 0 aliphatic rings. The van der Waals surface area contributed by atoms with Crippen molar-refractivity contribution in [1.82, 2.24) is 9.97 Å². The number of aromatic nitrogens is 2. The van der Waals surface area contributed by atoms with Gasteiger partial charge in [0.15, 0.2) is 5.69 Å². The minimum Gasteiger partial charge on any atom is -0.543 e. The summed E-state index contributed by atoms with van der Waals surface area (Å²) in [6, 6.07) is 7.80. The fraction of sp³-hybridized carbons (Fsp3) is 0. The number of aromatic carboxylic acids is 1. The molecule has 0 radical (unpaired) electrons. The summed E-state index contributed by atoms with van der Waals surface area (Å²) in [5, 5.41) is 10.6. The van der Waals surface area contributed by atoms with Crippen LogP contribution in [0.25, 0.3) is 16.1 Å². The van der Waals surface area contributed by atoms with Gasteiger partial charge in [-0.25, -0.2) is 14.8 Å². The molecule has 88 valence electrons. The number of rotatable bonds is 2. The van der Waals surface area contributed by atoms with Crippen molar-refractivity contribution in [3.63, 3.8) is 0 Å². The summed E-state index contributed by atoms with van der Waals surface area (Å²) in [5.74, 6) is -1.42. The second-order valence-electron chi connectivity index (χ2n) is 3.35. The molecular formula is C12H5ClKN3O2. The Hall–Kier alpha value is -0.814. The first-order chi connectivity index (χ1) is 8.60. The molecule has 19 heavy (non-hydrogen) atoms. The molecule has 1 aromatic heterocycles. The molecule has 0 fully saturated rings. The fourth-order valence-corrected chi connectivity index (χ4v) is 1.56. The fourth-order valence-electron chi connectivity index (χ4n) is 1.38. The van der Waals surface area contributed by atoms with Crippen molar-refractivity contribution < 1.29 is 61.3 Å². The summed E-state index contributed by atoms with van der Waals surface area (Å²) in [7, 11) is 0. The molecule has 1 aromatic carbocycles. The van der Waals surface area contributed by atoms with Crippen molar-refractivity contribution in [2.45, 2.75) is 0 Å². The van der Waals surface area contributed by atoms with Crippen molar-refractivity contribution in [2.24, 2.45) is 0 Å². The van der Waals surface area contributed by atoms with Gasteiger partial charge in [-0.1, -0.05) is 24.3 Å². The molecule has 2 rings (SSSR count). The van der Waals surface area contributed by atoms with Gasteiger partial charge in [-0.2, -0.15) is 0 Å². The maximum absolute atomic E-state index is 10.7. The van der Waals surface area contributed by atoms with Crippen LogP contribution >= 0.6 is 11.6 Å². The topological polar surface area (TPSA) is 70.3 Å². The molecule has 1 heterocycles. The van der Waals surface area contributed by atoms with E-state index in [9.17, 15) is 9.90 Å². The van der Waals surface area contributed by atoms with Gasteiger partial charge in [0.05, 0.1) is 23.9 Å². The van der Waals surface area contributed by atoms with Crippen LogP contribution in [0.15, 0.2) is 30.3 Å². The van der Waals surface area contributed by atoms with Crippen LogP contribution in [0, 0.1) is 6.57 Å². The largest absolute Gasteiger partial charge is 1.00 e. The molecule has 0 aliphatic heterocycles. The van der Waals surface area contributed by atoms with Crippen molar-refractivity contribution >= 4 is 23.3 Å². The van der Waals surface area contributed by atoms with Crippen molar-refractivity contribution in [2.75, 3.05) is 0 Å². The van der Waals surface area contributed by atoms with Crippen LogP contribution in [-0.4, -0.2) is 15.9 Å². The Labute approximate surface area is 156 Å². The number of carbonyl (C=O) groups is 1. The summed E-state index contributed by atoms with van der Waals surface area (Å²) < 4.78 is 0. The van der Waals surface area contributed by atoms with Crippen molar-refractivity contribution in [3.05, 3.63) is 52.7 Å². The molecule has 0 N–H and O–H groups in total.